The lowest BCUT2D eigenvalue weighted by atomic mass is 10.2. The molecule has 78 valence electrons. The van der Waals surface area contributed by atoms with E-state index in [0.717, 1.165) is 19.0 Å². The van der Waals surface area contributed by atoms with Crippen LogP contribution < -0.4 is 4.74 Å². The molecule has 0 aliphatic rings. The standard InChI is InChI=1S/C9H12ClFN2O/c1-3-4-6(2)14-8-7(11)5-12-9(10)13-8/h5-6H,3-4H2,1-2H3. The zero-order valence-electron chi connectivity index (χ0n) is 8.13. The Morgan fingerprint density at radius 2 is 2.36 bits per heavy atom. The Morgan fingerprint density at radius 1 is 1.64 bits per heavy atom. The van der Waals surface area contributed by atoms with Crippen LogP contribution in [0.2, 0.25) is 5.28 Å². The summed E-state index contributed by atoms with van der Waals surface area (Å²) in [6, 6.07) is 0. The third-order valence-electron chi connectivity index (χ3n) is 1.69. The van der Waals surface area contributed by atoms with Crippen LogP contribution >= 0.6 is 11.6 Å². The smallest absolute Gasteiger partial charge is 0.255 e. The summed E-state index contributed by atoms with van der Waals surface area (Å²) < 4.78 is 18.3. The van der Waals surface area contributed by atoms with Crippen molar-refractivity contribution in [3.8, 4) is 5.88 Å². The molecule has 0 spiro atoms. The number of hydrogen-bond acceptors (Lipinski definition) is 3. The van der Waals surface area contributed by atoms with Gasteiger partial charge in [-0.1, -0.05) is 13.3 Å². The van der Waals surface area contributed by atoms with Crippen LogP contribution in [-0.4, -0.2) is 16.1 Å². The fourth-order valence-electron chi connectivity index (χ4n) is 1.07. The summed E-state index contributed by atoms with van der Waals surface area (Å²) in [7, 11) is 0. The predicted molar refractivity (Wildman–Crippen MR) is 52.0 cm³/mol. The third-order valence-corrected chi connectivity index (χ3v) is 1.87. The van der Waals surface area contributed by atoms with Crippen LogP contribution in [0.4, 0.5) is 4.39 Å². The zero-order chi connectivity index (χ0) is 10.6. The van der Waals surface area contributed by atoms with E-state index in [2.05, 4.69) is 9.97 Å². The maximum absolute atomic E-state index is 13.1. The molecule has 0 N–H and O–H groups in total. The highest BCUT2D eigenvalue weighted by molar-refractivity contribution is 6.28. The summed E-state index contributed by atoms with van der Waals surface area (Å²) in [6.45, 7) is 3.89. The largest absolute Gasteiger partial charge is 0.472 e. The molecule has 3 nitrogen and oxygen atoms in total. The molecule has 1 aromatic heterocycles. The molecule has 0 radical (unpaired) electrons. The molecule has 0 amide bonds. The number of rotatable bonds is 4. The minimum absolute atomic E-state index is 0.00917. The molecule has 1 heterocycles. The summed E-state index contributed by atoms with van der Waals surface area (Å²) in [5.74, 6) is -0.664. The fourth-order valence-corrected chi connectivity index (χ4v) is 1.20. The van der Waals surface area contributed by atoms with Gasteiger partial charge in [-0.3, -0.25) is 0 Å². The Kier molecular flexibility index (Phi) is 4.07. The molecule has 1 atom stereocenters. The van der Waals surface area contributed by atoms with Crippen molar-refractivity contribution in [1.29, 1.82) is 0 Å². The lowest BCUT2D eigenvalue weighted by Crippen LogP contribution is -2.13. The van der Waals surface area contributed by atoms with E-state index in [-0.39, 0.29) is 17.3 Å². The molecular formula is C9H12ClFN2O. The van der Waals surface area contributed by atoms with E-state index < -0.39 is 5.82 Å². The number of nitrogens with zero attached hydrogens (tertiary/aromatic N) is 2. The molecule has 0 saturated carbocycles. The molecule has 1 aromatic rings. The molecule has 1 rings (SSSR count). The van der Waals surface area contributed by atoms with Gasteiger partial charge >= 0.3 is 0 Å². The SMILES string of the molecule is CCCC(C)Oc1nc(Cl)ncc1F. The fraction of sp³-hybridized carbons (Fsp3) is 0.556. The Balaban J connectivity index is 2.70. The first-order valence-corrected chi connectivity index (χ1v) is 4.86. The van der Waals surface area contributed by atoms with E-state index in [1.807, 2.05) is 13.8 Å². The molecule has 0 bridgehead atoms. The van der Waals surface area contributed by atoms with Crippen molar-refractivity contribution in [3.05, 3.63) is 17.3 Å². The van der Waals surface area contributed by atoms with Crippen LogP contribution in [0.1, 0.15) is 26.7 Å². The highest BCUT2D eigenvalue weighted by Gasteiger charge is 2.10. The van der Waals surface area contributed by atoms with Crippen molar-refractivity contribution in [2.45, 2.75) is 32.8 Å². The van der Waals surface area contributed by atoms with Crippen molar-refractivity contribution in [3.63, 3.8) is 0 Å². The Bertz CT molecular complexity index is 309. The number of halogens is 2. The van der Waals surface area contributed by atoms with E-state index >= 15 is 0 Å². The molecule has 0 fully saturated rings. The first-order valence-electron chi connectivity index (χ1n) is 4.48. The highest BCUT2D eigenvalue weighted by atomic mass is 35.5. The molecule has 0 aliphatic heterocycles. The van der Waals surface area contributed by atoms with E-state index in [1.54, 1.807) is 0 Å². The first kappa shape index (κ1) is 11.2. The van der Waals surface area contributed by atoms with Gasteiger partial charge in [-0.15, -0.1) is 0 Å². The van der Waals surface area contributed by atoms with Gasteiger partial charge in [-0.2, -0.15) is 9.37 Å². The minimum atomic E-state index is -0.586. The van der Waals surface area contributed by atoms with Crippen LogP contribution in [0.25, 0.3) is 0 Å². The Labute approximate surface area is 87.3 Å². The summed E-state index contributed by atoms with van der Waals surface area (Å²) in [5, 5.41) is -0.00917. The second kappa shape index (κ2) is 5.10. The zero-order valence-corrected chi connectivity index (χ0v) is 8.88. The van der Waals surface area contributed by atoms with Crippen LogP contribution in [0.5, 0.6) is 5.88 Å². The third kappa shape index (κ3) is 3.10. The Hall–Kier alpha value is -0.900. The van der Waals surface area contributed by atoms with Gasteiger partial charge in [0, 0.05) is 0 Å². The molecule has 14 heavy (non-hydrogen) atoms. The predicted octanol–water partition coefficient (Wildman–Crippen LogP) is 2.84. The molecule has 0 saturated heterocycles. The summed E-state index contributed by atoms with van der Waals surface area (Å²) in [5.41, 5.74) is 0. The van der Waals surface area contributed by atoms with Crippen molar-refractivity contribution >= 4 is 11.6 Å². The van der Waals surface area contributed by atoms with E-state index in [4.69, 9.17) is 16.3 Å². The van der Waals surface area contributed by atoms with Crippen molar-refractivity contribution in [1.82, 2.24) is 9.97 Å². The van der Waals surface area contributed by atoms with Crippen molar-refractivity contribution in [2.24, 2.45) is 0 Å². The van der Waals surface area contributed by atoms with Crippen LogP contribution in [0, 0.1) is 5.82 Å². The maximum atomic E-state index is 13.1. The van der Waals surface area contributed by atoms with Crippen molar-refractivity contribution in [2.75, 3.05) is 0 Å². The van der Waals surface area contributed by atoms with E-state index in [1.165, 1.54) is 0 Å². The van der Waals surface area contributed by atoms with Gasteiger partial charge in [0.05, 0.1) is 12.3 Å². The van der Waals surface area contributed by atoms with Gasteiger partial charge in [0.1, 0.15) is 0 Å². The van der Waals surface area contributed by atoms with Gasteiger partial charge in [0.25, 0.3) is 5.88 Å². The maximum Gasteiger partial charge on any atom is 0.255 e. The molecule has 0 aliphatic carbocycles. The van der Waals surface area contributed by atoms with Gasteiger partial charge < -0.3 is 4.74 Å². The molecule has 5 heteroatoms. The summed E-state index contributed by atoms with van der Waals surface area (Å²) in [4.78, 5) is 7.14. The number of ether oxygens (including phenoxy) is 1. The van der Waals surface area contributed by atoms with E-state index in [0.29, 0.717) is 0 Å². The van der Waals surface area contributed by atoms with Gasteiger partial charge in [-0.25, -0.2) is 4.98 Å². The van der Waals surface area contributed by atoms with Gasteiger partial charge in [-0.05, 0) is 24.9 Å². The highest BCUT2D eigenvalue weighted by Crippen LogP contribution is 2.17. The molecule has 0 aromatic carbocycles. The topological polar surface area (TPSA) is 35.0 Å². The lowest BCUT2D eigenvalue weighted by molar-refractivity contribution is 0.191. The quantitative estimate of drug-likeness (QED) is 0.729. The average Bonchev–Trinajstić information content (AvgIpc) is 2.12. The molecular weight excluding hydrogens is 207 g/mol. The molecule has 1 unspecified atom stereocenters. The van der Waals surface area contributed by atoms with E-state index in [9.17, 15) is 4.39 Å². The first-order chi connectivity index (χ1) is 6.63. The second-order valence-electron chi connectivity index (χ2n) is 3.01. The van der Waals surface area contributed by atoms with Gasteiger partial charge in [0.2, 0.25) is 11.1 Å². The number of hydrogen-bond donors (Lipinski definition) is 0. The monoisotopic (exact) mass is 218 g/mol. The van der Waals surface area contributed by atoms with Crippen molar-refractivity contribution < 1.29 is 9.13 Å². The minimum Gasteiger partial charge on any atom is -0.472 e. The van der Waals surface area contributed by atoms with Crippen LogP contribution in [-0.2, 0) is 0 Å². The summed E-state index contributed by atoms with van der Waals surface area (Å²) in [6.07, 6.45) is 2.76. The normalized spacial score (nSPS) is 12.6. The average molecular weight is 219 g/mol. The lowest BCUT2D eigenvalue weighted by Gasteiger charge is -2.12. The summed E-state index contributed by atoms with van der Waals surface area (Å²) >= 11 is 5.51. The Morgan fingerprint density at radius 3 is 3.00 bits per heavy atom. The second-order valence-corrected chi connectivity index (χ2v) is 3.35. The number of aromatic nitrogens is 2. The van der Waals surface area contributed by atoms with Crippen LogP contribution in [0.15, 0.2) is 6.20 Å². The van der Waals surface area contributed by atoms with Gasteiger partial charge in [0.15, 0.2) is 0 Å². The van der Waals surface area contributed by atoms with Crippen LogP contribution in [0.3, 0.4) is 0 Å².